The summed E-state index contributed by atoms with van der Waals surface area (Å²) in [7, 11) is 0. The van der Waals surface area contributed by atoms with E-state index in [1.165, 1.54) is 4.90 Å². The van der Waals surface area contributed by atoms with Crippen LogP contribution in [0.4, 0.5) is 11.4 Å². The summed E-state index contributed by atoms with van der Waals surface area (Å²) in [4.78, 5) is 44.0. The summed E-state index contributed by atoms with van der Waals surface area (Å²) >= 11 is 5.97. The van der Waals surface area contributed by atoms with Crippen molar-refractivity contribution in [1.29, 1.82) is 0 Å². The standard InChI is InChI=1S/C25H24ClN3O3/c1-25(2,3)29-23(31)19-18-13-8-14-6-4-5-7-17(14)28(18)21(20(19)24(29)32)22(30)27-16-11-9-15(26)10-12-16/h4-13,18-21H,1-3H3,(H,27,30)/t18-,19+,20+,21-/m0/s1. The minimum absolute atomic E-state index is 0.215. The first-order valence-corrected chi connectivity index (χ1v) is 11.1. The average Bonchev–Trinajstić information content (AvgIpc) is 3.22. The van der Waals surface area contributed by atoms with Gasteiger partial charge in [0, 0.05) is 21.9 Å². The van der Waals surface area contributed by atoms with Gasteiger partial charge in [0.1, 0.15) is 6.04 Å². The third-order valence-corrected chi connectivity index (χ3v) is 6.72. The molecule has 1 N–H and O–H groups in total. The second-order valence-electron chi connectivity index (χ2n) is 9.49. The molecule has 3 aliphatic heterocycles. The lowest BCUT2D eigenvalue weighted by Gasteiger charge is -2.38. The second kappa shape index (κ2) is 7.20. The molecule has 2 saturated heterocycles. The van der Waals surface area contributed by atoms with Crippen LogP contribution in [-0.4, -0.2) is 40.2 Å². The number of amides is 3. The molecule has 2 fully saturated rings. The smallest absolute Gasteiger partial charge is 0.247 e. The fourth-order valence-electron chi connectivity index (χ4n) is 5.22. The first-order valence-electron chi connectivity index (χ1n) is 10.7. The monoisotopic (exact) mass is 449 g/mol. The molecule has 2 aromatic rings. The minimum atomic E-state index is -0.810. The van der Waals surface area contributed by atoms with Gasteiger partial charge in [0.2, 0.25) is 17.7 Å². The minimum Gasteiger partial charge on any atom is -0.351 e. The third-order valence-electron chi connectivity index (χ3n) is 6.47. The molecule has 0 spiro atoms. The number of hydrogen-bond donors (Lipinski definition) is 1. The Bertz CT molecular complexity index is 1150. The molecular formula is C25H24ClN3O3. The lowest BCUT2D eigenvalue weighted by atomic mass is 9.88. The average molecular weight is 450 g/mol. The Labute approximate surface area is 191 Å². The van der Waals surface area contributed by atoms with E-state index in [9.17, 15) is 14.4 Å². The number of carbonyl (C=O) groups excluding carboxylic acids is 3. The highest BCUT2D eigenvalue weighted by Gasteiger charge is 2.65. The molecule has 0 aromatic heterocycles. The molecule has 0 bridgehead atoms. The quantitative estimate of drug-likeness (QED) is 0.704. The van der Waals surface area contributed by atoms with E-state index in [1.807, 2.05) is 62.1 Å². The van der Waals surface area contributed by atoms with Crippen LogP contribution in [0.3, 0.4) is 0 Å². The van der Waals surface area contributed by atoms with Crippen LogP contribution in [0.1, 0.15) is 26.3 Å². The summed E-state index contributed by atoms with van der Waals surface area (Å²) in [6, 6.07) is 13.4. The molecule has 4 atom stereocenters. The molecule has 3 aliphatic rings. The van der Waals surface area contributed by atoms with Crippen LogP contribution in [0.25, 0.3) is 6.08 Å². The highest BCUT2D eigenvalue weighted by molar-refractivity contribution is 6.30. The maximum Gasteiger partial charge on any atom is 0.247 e. The first-order chi connectivity index (χ1) is 15.2. The molecule has 164 valence electrons. The number of likely N-dealkylation sites (tertiary alicyclic amines) is 1. The summed E-state index contributed by atoms with van der Waals surface area (Å²) in [5.74, 6) is -2.17. The number of hydrogen-bond acceptors (Lipinski definition) is 4. The maximum absolute atomic E-state index is 13.6. The molecule has 3 heterocycles. The number of nitrogens with one attached hydrogen (secondary N) is 1. The van der Waals surface area contributed by atoms with Gasteiger partial charge in [-0.1, -0.05) is 42.0 Å². The number of para-hydroxylation sites is 1. The highest BCUT2D eigenvalue weighted by atomic mass is 35.5. The van der Waals surface area contributed by atoms with Crippen LogP contribution in [0.2, 0.25) is 5.02 Å². The molecular weight excluding hydrogens is 426 g/mol. The Morgan fingerprint density at radius 1 is 0.969 bits per heavy atom. The fourth-order valence-corrected chi connectivity index (χ4v) is 5.35. The van der Waals surface area contributed by atoms with Gasteiger partial charge in [0.05, 0.1) is 17.9 Å². The summed E-state index contributed by atoms with van der Waals surface area (Å²) in [6.45, 7) is 5.53. The van der Waals surface area contributed by atoms with Gasteiger partial charge in [0.15, 0.2) is 0 Å². The van der Waals surface area contributed by atoms with E-state index in [-0.39, 0.29) is 23.8 Å². The van der Waals surface area contributed by atoms with E-state index in [0.29, 0.717) is 10.7 Å². The first kappa shape index (κ1) is 20.8. The van der Waals surface area contributed by atoms with Gasteiger partial charge < -0.3 is 10.2 Å². The van der Waals surface area contributed by atoms with Crippen molar-refractivity contribution in [1.82, 2.24) is 4.90 Å². The zero-order chi connectivity index (χ0) is 22.8. The molecule has 3 amide bonds. The van der Waals surface area contributed by atoms with E-state index >= 15 is 0 Å². The Hall–Kier alpha value is -3.12. The number of rotatable bonds is 2. The van der Waals surface area contributed by atoms with Gasteiger partial charge in [-0.3, -0.25) is 19.3 Å². The summed E-state index contributed by atoms with van der Waals surface area (Å²) in [5.41, 5.74) is 1.75. The molecule has 5 rings (SSSR count). The summed E-state index contributed by atoms with van der Waals surface area (Å²) < 4.78 is 0. The van der Waals surface area contributed by atoms with Crippen LogP contribution in [0.15, 0.2) is 54.6 Å². The maximum atomic E-state index is 13.6. The van der Waals surface area contributed by atoms with E-state index in [1.54, 1.807) is 24.3 Å². The van der Waals surface area contributed by atoms with Gasteiger partial charge >= 0.3 is 0 Å². The second-order valence-corrected chi connectivity index (χ2v) is 9.93. The lowest BCUT2D eigenvalue weighted by Crippen LogP contribution is -2.53. The zero-order valence-electron chi connectivity index (χ0n) is 18.1. The predicted molar refractivity (Wildman–Crippen MR) is 124 cm³/mol. The number of fused-ring (bicyclic) bond motifs is 5. The van der Waals surface area contributed by atoms with E-state index in [0.717, 1.165) is 11.3 Å². The van der Waals surface area contributed by atoms with Gasteiger partial charge in [-0.15, -0.1) is 0 Å². The number of anilines is 2. The van der Waals surface area contributed by atoms with Crippen molar-refractivity contribution >= 4 is 46.8 Å². The van der Waals surface area contributed by atoms with Crippen LogP contribution in [0, 0.1) is 11.8 Å². The Morgan fingerprint density at radius 2 is 1.62 bits per heavy atom. The summed E-state index contributed by atoms with van der Waals surface area (Å²) in [5, 5.41) is 3.50. The van der Waals surface area contributed by atoms with Gasteiger partial charge in [-0.25, -0.2) is 0 Å². The molecule has 7 heteroatoms. The Balaban J connectivity index is 1.59. The largest absolute Gasteiger partial charge is 0.351 e. The zero-order valence-corrected chi connectivity index (χ0v) is 18.8. The SMILES string of the molecule is CC(C)(C)N1C(=O)[C@@H]2[C@H](C1=O)[C@@H]1C=Cc3ccccc3N1[C@@H]2C(=O)Nc1ccc(Cl)cc1. The van der Waals surface area contributed by atoms with Crippen molar-refractivity contribution < 1.29 is 14.4 Å². The van der Waals surface area contributed by atoms with Crippen molar-refractivity contribution in [2.24, 2.45) is 11.8 Å². The van der Waals surface area contributed by atoms with E-state index in [2.05, 4.69) is 5.32 Å². The van der Waals surface area contributed by atoms with Gasteiger partial charge in [0.25, 0.3) is 0 Å². The third kappa shape index (κ3) is 3.05. The van der Waals surface area contributed by atoms with Gasteiger partial charge in [-0.2, -0.15) is 0 Å². The van der Waals surface area contributed by atoms with Crippen molar-refractivity contribution in [2.75, 3.05) is 10.2 Å². The molecule has 6 nitrogen and oxygen atoms in total. The molecule has 32 heavy (non-hydrogen) atoms. The van der Waals surface area contributed by atoms with Crippen molar-refractivity contribution in [3.8, 4) is 0 Å². The van der Waals surface area contributed by atoms with Crippen LogP contribution >= 0.6 is 11.6 Å². The predicted octanol–water partition coefficient (Wildman–Crippen LogP) is 3.96. The number of benzene rings is 2. The molecule has 0 radical (unpaired) electrons. The van der Waals surface area contributed by atoms with Crippen molar-refractivity contribution in [3.63, 3.8) is 0 Å². The van der Waals surface area contributed by atoms with Crippen molar-refractivity contribution in [3.05, 3.63) is 65.2 Å². The number of halogens is 1. The van der Waals surface area contributed by atoms with Crippen LogP contribution in [-0.2, 0) is 14.4 Å². The van der Waals surface area contributed by atoms with Crippen LogP contribution < -0.4 is 10.2 Å². The van der Waals surface area contributed by atoms with Gasteiger partial charge in [-0.05, 0) is 56.7 Å². The lowest BCUT2D eigenvalue weighted by molar-refractivity contribution is -0.146. The Kier molecular flexibility index (Phi) is 4.67. The van der Waals surface area contributed by atoms with E-state index in [4.69, 9.17) is 11.6 Å². The van der Waals surface area contributed by atoms with E-state index < -0.39 is 23.4 Å². The summed E-state index contributed by atoms with van der Waals surface area (Å²) in [6.07, 6.45) is 3.93. The normalized spacial score (nSPS) is 26.1. The Morgan fingerprint density at radius 3 is 2.31 bits per heavy atom. The highest BCUT2D eigenvalue weighted by Crippen LogP contribution is 2.49. The number of imide groups is 1. The van der Waals surface area contributed by atoms with Crippen molar-refractivity contribution in [2.45, 2.75) is 38.4 Å². The topological polar surface area (TPSA) is 69.7 Å². The fraction of sp³-hybridized carbons (Fsp3) is 0.320. The van der Waals surface area contributed by atoms with Crippen LogP contribution in [0.5, 0.6) is 0 Å². The molecule has 0 aliphatic carbocycles. The molecule has 0 unspecified atom stereocenters. The number of carbonyl (C=O) groups is 3. The number of nitrogens with zero attached hydrogens (tertiary/aromatic N) is 2. The molecule has 0 saturated carbocycles. The molecule has 2 aromatic carbocycles.